The summed E-state index contributed by atoms with van der Waals surface area (Å²) in [7, 11) is 0. The van der Waals surface area contributed by atoms with Crippen LogP contribution in [0.25, 0.3) is 0 Å². The van der Waals surface area contributed by atoms with Gasteiger partial charge < -0.3 is 20.1 Å². The Labute approximate surface area is 195 Å². The lowest BCUT2D eigenvalue weighted by Crippen LogP contribution is -2.49. The molecule has 30 heavy (non-hydrogen) atoms. The van der Waals surface area contributed by atoms with Crippen molar-refractivity contribution >= 4 is 35.9 Å². The van der Waals surface area contributed by atoms with Crippen molar-refractivity contribution < 1.29 is 4.52 Å². The zero-order valence-corrected chi connectivity index (χ0v) is 20.4. The van der Waals surface area contributed by atoms with E-state index in [0.29, 0.717) is 12.5 Å². The highest BCUT2D eigenvalue weighted by Crippen LogP contribution is 2.14. The molecule has 2 aromatic heterocycles. The van der Waals surface area contributed by atoms with E-state index < -0.39 is 0 Å². The van der Waals surface area contributed by atoms with Crippen LogP contribution in [0.2, 0.25) is 0 Å². The normalized spacial score (nSPS) is 15.2. The molecule has 2 aromatic rings. The monoisotopic (exact) mass is 528 g/mol. The van der Waals surface area contributed by atoms with Gasteiger partial charge in [0, 0.05) is 64.3 Å². The molecule has 166 valence electrons. The Hall–Kier alpha value is -1.95. The molecule has 1 saturated heterocycles. The lowest BCUT2D eigenvalue weighted by atomic mass is 10.1. The van der Waals surface area contributed by atoms with Crippen molar-refractivity contribution in [3.05, 3.63) is 36.0 Å². The second kappa shape index (κ2) is 12.7. The van der Waals surface area contributed by atoms with E-state index in [1.165, 1.54) is 0 Å². The number of piperazine rings is 1. The van der Waals surface area contributed by atoms with Crippen LogP contribution in [0.1, 0.15) is 38.1 Å². The SMILES string of the molecule is CCNC(=NCc1cc(C(C)C)no1)NCCN1CCN(c2ncccn2)CC1.I. The van der Waals surface area contributed by atoms with E-state index in [1.807, 2.05) is 12.1 Å². The average Bonchev–Trinajstić information content (AvgIpc) is 3.23. The van der Waals surface area contributed by atoms with Crippen molar-refractivity contribution in [3.8, 4) is 0 Å². The molecular weight excluding hydrogens is 495 g/mol. The molecule has 2 N–H and O–H groups in total. The predicted octanol–water partition coefficient (Wildman–Crippen LogP) is 2.08. The van der Waals surface area contributed by atoms with Gasteiger partial charge in [0.1, 0.15) is 6.54 Å². The Morgan fingerprint density at radius 1 is 1.17 bits per heavy atom. The number of aliphatic imine (C=N–C) groups is 1. The summed E-state index contributed by atoms with van der Waals surface area (Å²) < 4.78 is 5.36. The maximum Gasteiger partial charge on any atom is 0.225 e. The average molecular weight is 528 g/mol. The predicted molar refractivity (Wildman–Crippen MR) is 130 cm³/mol. The fourth-order valence-corrected chi connectivity index (χ4v) is 3.13. The Kier molecular flexibility index (Phi) is 10.3. The van der Waals surface area contributed by atoms with Gasteiger partial charge in [-0.2, -0.15) is 0 Å². The van der Waals surface area contributed by atoms with E-state index in [1.54, 1.807) is 12.4 Å². The highest BCUT2D eigenvalue weighted by atomic mass is 127. The summed E-state index contributed by atoms with van der Waals surface area (Å²) in [5.74, 6) is 2.76. The molecule has 0 aliphatic carbocycles. The maximum absolute atomic E-state index is 5.36. The van der Waals surface area contributed by atoms with Crippen molar-refractivity contribution in [2.45, 2.75) is 33.2 Å². The van der Waals surface area contributed by atoms with Gasteiger partial charge >= 0.3 is 0 Å². The highest BCUT2D eigenvalue weighted by molar-refractivity contribution is 14.0. The summed E-state index contributed by atoms with van der Waals surface area (Å²) in [6.45, 7) is 13.3. The van der Waals surface area contributed by atoms with Crippen LogP contribution >= 0.6 is 24.0 Å². The molecule has 0 amide bonds. The molecule has 10 heteroatoms. The van der Waals surface area contributed by atoms with Crippen LogP contribution < -0.4 is 15.5 Å². The standard InChI is InChI=1S/C20H32N8O.HI/c1-4-21-19(25-15-17-14-18(16(2)3)26-29-17)22-8-9-27-10-12-28(13-11-27)20-23-6-5-7-24-20;/h5-7,14,16H,4,8-13,15H2,1-3H3,(H2,21,22,25);1H. The van der Waals surface area contributed by atoms with E-state index >= 15 is 0 Å². The molecule has 1 aliphatic rings. The molecular formula is C20H33IN8O. The minimum atomic E-state index is 0. The van der Waals surface area contributed by atoms with Crippen LogP contribution in [0.4, 0.5) is 5.95 Å². The number of hydrogen-bond acceptors (Lipinski definition) is 7. The summed E-state index contributed by atoms with van der Waals surface area (Å²) in [6.07, 6.45) is 3.59. The van der Waals surface area contributed by atoms with Crippen LogP contribution in [0.3, 0.4) is 0 Å². The first-order valence-electron chi connectivity index (χ1n) is 10.4. The first-order chi connectivity index (χ1) is 14.2. The number of anilines is 1. The number of aromatic nitrogens is 3. The van der Waals surface area contributed by atoms with Gasteiger partial charge in [0.05, 0.1) is 5.69 Å². The zero-order valence-electron chi connectivity index (χ0n) is 18.0. The highest BCUT2D eigenvalue weighted by Gasteiger charge is 2.18. The largest absolute Gasteiger partial charge is 0.359 e. The number of halogens is 1. The third-order valence-electron chi connectivity index (χ3n) is 4.83. The fraction of sp³-hybridized carbons (Fsp3) is 0.600. The minimum absolute atomic E-state index is 0. The molecule has 0 atom stereocenters. The van der Waals surface area contributed by atoms with Crippen LogP contribution in [0, 0.1) is 0 Å². The fourth-order valence-electron chi connectivity index (χ4n) is 3.13. The summed E-state index contributed by atoms with van der Waals surface area (Å²) in [5, 5.41) is 10.8. The van der Waals surface area contributed by atoms with Crippen molar-refractivity contribution in [3.63, 3.8) is 0 Å². The van der Waals surface area contributed by atoms with Crippen molar-refractivity contribution in [2.24, 2.45) is 4.99 Å². The smallest absolute Gasteiger partial charge is 0.225 e. The maximum atomic E-state index is 5.36. The third kappa shape index (κ3) is 7.38. The Balaban J connectivity index is 0.00000320. The van der Waals surface area contributed by atoms with Gasteiger partial charge in [-0.25, -0.2) is 15.0 Å². The second-order valence-corrected chi connectivity index (χ2v) is 7.37. The second-order valence-electron chi connectivity index (χ2n) is 7.37. The van der Waals surface area contributed by atoms with E-state index in [0.717, 1.165) is 69.2 Å². The molecule has 0 spiro atoms. The van der Waals surface area contributed by atoms with Gasteiger partial charge in [-0.1, -0.05) is 19.0 Å². The Morgan fingerprint density at radius 3 is 2.53 bits per heavy atom. The van der Waals surface area contributed by atoms with E-state index in [4.69, 9.17) is 4.52 Å². The van der Waals surface area contributed by atoms with Crippen molar-refractivity contribution in [2.75, 3.05) is 50.7 Å². The summed E-state index contributed by atoms with van der Waals surface area (Å²) in [6, 6.07) is 3.83. The van der Waals surface area contributed by atoms with Crippen LogP contribution in [-0.4, -0.2) is 71.8 Å². The Morgan fingerprint density at radius 2 is 1.90 bits per heavy atom. The van der Waals surface area contributed by atoms with Gasteiger partial charge in [-0.05, 0) is 18.9 Å². The number of hydrogen-bond donors (Lipinski definition) is 2. The minimum Gasteiger partial charge on any atom is -0.359 e. The van der Waals surface area contributed by atoms with Crippen LogP contribution in [-0.2, 0) is 6.54 Å². The van der Waals surface area contributed by atoms with E-state index in [9.17, 15) is 0 Å². The van der Waals surface area contributed by atoms with Crippen molar-refractivity contribution in [1.29, 1.82) is 0 Å². The molecule has 0 radical (unpaired) electrons. The molecule has 0 bridgehead atoms. The van der Waals surface area contributed by atoms with Gasteiger partial charge in [-0.15, -0.1) is 24.0 Å². The van der Waals surface area contributed by atoms with Gasteiger partial charge in [-0.3, -0.25) is 4.90 Å². The number of rotatable bonds is 8. The number of nitrogens with one attached hydrogen (secondary N) is 2. The molecule has 0 unspecified atom stereocenters. The van der Waals surface area contributed by atoms with Crippen LogP contribution in [0.5, 0.6) is 0 Å². The zero-order chi connectivity index (χ0) is 20.5. The Bertz CT molecular complexity index is 759. The molecule has 1 fully saturated rings. The number of nitrogens with zero attached hydrogens (tertiary/aromatic N) is 6. The van der Waals surface area contributed by atoms with Gasteiger partial charge in [0.25, 0.3) is 0 Å². The van der Waals surface area contributed by atoms with Crippen molar-refractivity contribution in [1.82, 2.24) is 30.7 Å². The van der Waals surface area contributed by atoms with E-state index in [2.05, 4.69) is 61.3 Å². The lowest BCUT2D eigenvalue weighted by Gasteiger charge is -2.34. The summed E-state index contributed by atoms with van der Waals surface area (Å²) in [5.41, 5.74) is 0.966. The molecule has 0 aromatic carbocycles. The number of guanidine groups is 1. The molecule has 3 heterocycles. The molecule has 9 nitrogen and oxygen atoms in total. The molecule has 1 aliphatic heterocycles. The lowest BCUT2D eigenvalue weighted by molar-refractivity contribution is 0.260. The quantitative estimate of drug-likeness (QED) is 0.306. The summed E-state index contributed by atoms with van der Waals surface area (Å²) in [4.78, 5) is 18.0. The molecule has 0 saturated carbocycles. The van der Waals surface area contributed by atoms with Crippen LogP contribution in [0.15, 0.2) is 34.0 Å². The van der Waals surface area contributed by atoms with Gasteiger partial charge in [0.2, 0.25) is 5.95 Å². The first-order valence-corrected chi connectivity index (χ1v) is 10.4. The summed E-state index contributed by atoms with van der Waals surface area (Å²) >= 11 is 0. The van der Waals surface area contributed by atoms with Gasteiger partial charge in [0.15, 0.2) is 11.7 Å². The molecule has 3 rings (SSSR count). The van der Waals surface area contributed by atoms with E-state index in [-0.39, 0.29) is 24.0 Å². The third-order valence-corrected chi connectivity index (χ3v) is 4.83. The topological polar surface area (TPSA) is 94.7 Å². The first kappa shape index (κ1) is 24.3.